The van der Waals surface area contributed by atoms with Gasteiger partial charge < -0.3 is 4.90 Å². The van der Waals surface area contributed by atoms with Crippen molar-refractivity contribution in [1.82, 2.24) is 14.0 Å². The predicted octanol–water partition coefficient (Wildman–Crippen LogP) is 2.14. The predicted molar refractivity (Wildman–Crippen MR) is 96.0 cm³/mol. The highest BCUT2D eigenvalue weighted by atomic mass is 32.2. The molecule has 0 unspecified atom stereocenters. The Morgan fingerprint density at radius 2 is 2.00 bits per heavy atom. The minimum atomic E-state index is -3.40. The van der Waals surface area contributed by atoms with Crippen LogP contribution in [0, 0.1) is 5.92 Å². The molecule has 1 aromatic rings. The van der Waals surface area contributed by atoms with E-state index in [-0.39, 0.29) is 0 Å². The summed E-state index contributed by atoms with van der Waals surface area (Å²) in [7, 11) is -3.40. The first-order valence-electron chi connectivity index (χ1n) is 8.99. The van der Waals surface area contributed by atoms with Gasteiger partial charge in [0.15, 0.2) is 0 Å². The van der Waals surface area contributed by atoms with Gasteiger partial charge in [-0.15, -0.1) is 0 Å². The highest BCUT2D eigenvalue weighted by Crippen LogP contribution is 2.20. The topological polar surface area (TPSA) is 65.5 Å². The molecular formula is C17H28N4O2S. The average Bonchev–Trinajstić information content (AvgIpc) is 2.61. The molecule has 2 aliphatic rings. The number of piperidine rings is 2. The Bertz CT molecular complexity index is 644. The molecule has 134 valence electrons. The average molecular weight is 353 g/mol. The summed E-state index contributed by atoms with van der Waals surface area (Å²) in [5.41, 5.74) is 0.958. The van der Waals surface area contributed by atoms with Crippen LogP contribution in [0.3, 0.4) is 0 Å². The quantitative estimate of drug-likeness (QED) is 0.882. The fourth-order valence-corrected chi connectivity index (χ4v) is 4.85. The van der Waals surface area contributed by atoms with Gasteiger partial charge in [0.05, 0.1) is 0 Å². The Morgan fingerprint density at radius 1 is 1.21 bits per heavy atom. The highest BCUT2D eigenvalue weighted by Gasteiger charge is 2.26. The summed E-state index contributed by atoms with van der Waals surface area (Å²) in [5, 5.41) is 0. The molecule has 1 aromatic heterocycles. The second kappa shape index (κ2) is 7.80. The van der Waals surface area contributed by atoms with Crippen LogP contribution < -0.4 is 9.62 Å². The molecule has 2 aliphatic heterocycles. The third-order valence-electron chi connectivity index (χ3n) is 4.91. The summed E-state index contributed by atoms with van der Waals surface area (Å²) in [5.74, 6) is 1.39. The zero-order valence-corrected chi connectivity index (χ0v) is 15.3. The first kappa shape index (κ1) is 17.6. The molecular weight excluding hydrogens is 324 g/mol. The molecule has 2 saturated heterocycles. The van der Waals surface area contributed by atoms with Crippen LogP contribution in [0.1, 0.15) is 44.6 Å². The molecule has 1 N–H and O–H groups in total. The fraction of sp³-hybridized carbons (Fsp3) is 0.706. The normalized spacial score (nSPS) is 23.4. The molecule has 0 aliphatic carbocycles. The molecule has 0 spiro atoms. The van der Waals surface area contributed by atoms with Crippen molar-refractivity contribution < 1.29 is 8.42 Å². The van der Waals surface area contributed by atoms with Gasteiger partial charge in [-0.2, -0.15) is 17.4 Å². The molecule has 0 saturated carbocycles. The second-order valence-electron chi connectivity index (χ2n) is 7.00. The van der Waals surface area contributed by atoms with Crippen LogP contribution in [0.5, 0.6) is 0 Å². The first-order valence-corrected chi connectivity index (χ1v) is 10.4. The second-order valence-corrected chi connectivity index (χ2v) is 8.76. The molecule has 7 heteroatoms. The molecule has 0 radical (unpaired) electrons. The molecule has 6 nitrogen and oxygen atoms in total. The molecule has 0 aromatic carbocycles. The van der Waals surface area contributed by atoms with Crippen molar-refractivity contribution in [2.75, 3.05) is 31.1 Å². The Kier molecular flexibility index (Phi) is 5.73. The van der Waals surface area contributed by atoms with Crippen LogP contribution in [-0.2, 0) is 16.8 Å². The van der Waals surface area contributed by atoms with Crippen molar-refractivity contribution >= 4 is 16.0 Å². The van der Waals surface area contributed by atoms with Crippen LogP contribution in [0.2, 0.25) is 0 Å². The lowest BCUT2D eigenvalue weighted by Crippen LogP contribution is -2.45. The first-order chi connectivity index (χ1) is 11.5. The van der Waals surface area contributed by atoms with Gasteiger partial charge in [-0.3, -0.25) is 0 Å². The summed E-state index contributed by atoms with van der Waals surface area (Å²) >= 11 is 0. The van der Waals surface area contributed by atoms with E-state index in [4.69, 9.17) is 0 Å². The number of hydrogen-bond acceptors (Lipinski definition) is 4. The van der Waals surface area contributed by atoms with E-state index < -0.39 is 10.2 Å². The van der Waals surface area contributed by atoms with E-state index >= 15 is 0 Å². The van der Waals surface area contributed by atoms with Crippen LogP contribution in [0.15, 0.2) is 18.3 Å². The Balaban J connectivity index is 1.61. The van der Waals surface area contributed by atoms with E-state index in [2.05, 4.69) is 21.5 Å². The van der Waals surface area contributed by atoms with Gasteiger partial charge in [-0.05, 0) is 55.7 Å². The van der Waals surface area contributed by atoms with Gasteiger partial charge in [0.1, 0.15) is 5.82 Å². The van der Waals surface area contributed by atoms with E-state index in [1.165, 1.54) is 19.3 Å². The van der Waals surface area contributed by atoms with Crippen LogP contribution >= 0.6 is 0 Å². The van der Waals surface area contributed by atoms with Gasteiger partial charge in [0, 0.05) is 38.9 Å². The summed E-state index contributed by atoms with van der Waals surface area (Å²) in [6.07, 6.45) is 7.50. The minimum absolute atomic E-state index is 0.316. The molecule has 0 bridgehead atoms. The van der Waals surface area contributed by atoms with Gasteiger partial charge in [0.2, 0.25) is 0 Å². The third-order valence-corrected chi connectivity index (χ3v) is 6.43. The molecule has 24 heavy (non-hydrogen) atoms. The third kappa shape index (κ3) is 4.46. The van der Waals surface area contributed by atoms with E-state index in [0.717, 1.165) is 37.3 Å². The number of anilines is 1. The summed E-state index contributed by atoms with van der Waals surface area (Å²) < 4.78 is 29.3. The Morgan fingerprint density at radius 3 is 2.75 bits per heavy atom. The summed E-state index contributed by atoms with van der Waals surface area (Å²) in [4.78, 5) is 6.73. The maximum atomic E-state index is 12.5. The molecule has 2 fully saturated rings. The standard InChI is InChI=1S/C17H28N4O2S/c1-15-6-5-11-21(14-15)24(22,23)19-13-16-7-8-18-17(12-16)20-9-3-2-4-10-20/h7-8,12,15,19H,2-6,9-11,13-14H2,1H3/t15-/m1/s1. The number of nitrogens with one attached hydrogen (secondary N) is 1. The van der Waals surface area contributed by atoms with Gasteiger partial charge >= 0.3 is 0 Å². The van der Waals surface area contributed by atoms with E-state index in [9.17, 15) is 8.42 Å². The fourth-order valence-electron chi connectivity index (χ4n) is 3.50. The van der Waals surface area contributed by atoms with Crippen molar-refractivity contribution in [2.24, 2.45) is 5.92 Å². The van der Waals surface area contributed by atoms with Gasteiger partial charge in [-0.1, -0.05) is 6.92 Å². The monoisotopic (exact) mass is 352 g/mol. The number of aromatic nitrogens is 1. The smallest absolute Gasteiger partial charge is 0.279 e. The number of hydrogen-bond donors (Lipinski definition) is 1. The lowest BCUT2D eigenvalue weighted by molar-refractivity contribution is 0.278. The zero-order chi connectivity index (χ0) is 17.0. The van der Waals surface area contributed by atoms with Crippen LogP contribution in [0.25, 0.3) is 0 Å². The number of pyridine rings is 1. The van der Waals surface area contributed by atoms with Crippen LogP contribution in [0.4, 0.5) is 5.82 Å². The Hall–Kier alpha value is -1.18. The maximum Gasteiger partial charge on any atom is 0.279 e. The van der Waals surface area contributed by atoms with E-state index in [1.807, 2.05) is 12.1 Å². The lowest BCUT2D eigenvalue weighted by Gasteiger charge is -2.30. The van der Waals surface area contributed by atoms with Crippen molar-refractivity contribution in [3.8, 4) is 0 Å². The van der Waals surface area contributed by atoms with Crippen molar-refractivity contribution in [1.29, 1.82) is 0 Å². The van der Waals surface area contributed by atoms with Crippen LogP contribution in [-0.4, -0.2) is 43.9 Å². The summed E-state index contributed by atoms with van der Waals surface area (Å²) in [6, 6.07) is 3.89. The SMILES string of the molecule is C[C@@H]1CCCN(S(=O)(=O)NCc2ccnc(N3CCCCC3)c2)C1. The lowest BCUT2D eigenvalue weighted by atomic mass is 10.0. The number of nitrogens with zero attached hydrogens (tertiary/aromatic N) is 3. The van der Waals surface area contributed by atoms with Crippen molar-refractivity contribution in [3.05, 3.63) is 23.9 Å². The maximum absolute atomic E-state index is 12.5. The van der Waals surface area contributed by atoms with Crippen molar-refractivity contribution in [2.45, 2.75) is 45.6 Å². The molecule has 0 amide bonds. The summed E-state index contributed by atoms with van der Waals surface area (Å²) in [6.45, 7) is 5.73. The molecule has 3 heterocycles. The van der Waals surface area contributed by atoms with E-state index in [0.29, 0.717) is 25.6 Å². The largest absolute Gasteiger partial charge is 0.357 e. The zero-order valence-electron chi connectivity index (χ0n) is 14.4. The minimum Gasteiger partial charge on any atom is -0.357 e. The van der Waals surface area contributed by atoms with Gasteiger partial charge in [-0.25, -0.2) is 4.98 Å². The Labute approximate surface area is 145 Å². The van der Waals surface area contributed by atoms with Gasteiger partial charge in [0.25, 0.3) is 10.2 Å². The molecule has 1 atom stereocenters. The highest BCUT2D eigenvalue weighted by molar-refractivity contribution is 7.87. The van der Waals surface area contributed by atoms with E-state index in [1.54, 1.807) is 10.5 Å². The van der Waals surface area contributed by atoms with Crippen molar-refractivity contribution in [3.63, 3.8) is 0 Å². The molecule has 3 rings (SSSR count). The number of rotatable bonds is 5.